The minimum Gasteiger partial charge on any atom is -0.395 e. The predicted molar refractivity (Wildman–Crippen MR) is 48.5 cm³/mol. The fraction of sp³-hybridized carbons (Fsp3) is 0.875. The lowest BCUT2D eigenvalue weighted by Gasteiger charge is -2.15. The van der Waals surface area contributed by atoms with E-state index in [0.717, 1.165) is 0 Å². The van der Waals surface area contributed by atoms with E-state index in [2.05, 4.69) is 10.6 Å². The van der Waals surface area contributed by atoms with E-state index < -0.39 is 24.3 Å². The lowest BCUT2D eigenvalue weighted by molar-refractivity contribution is -0.119. The van der Waals surface area contributed by atoms with Crippen molar-refractivity contribution < 1.29 is 20.1 Å². The topological polar surface area (TPSA) is 102 Å². The molecule has 0 aromatic heterocycles. The molecule has 1 rings (SSSR count). The van der Waals surface area contributed by atoms with Crippen LogP contribution >= 0.6 is 0 Å². The first-order chi connectivity index (χ1) is 6.56. The van der Waals surface area contributed by atoms with Crippen molar-refractivity contribution in [1.29, 1.82) is 0 Å². The maximum Gasteiger partial charge on any atom is 0.216 e. The molecule has 0 aromatic rings. The molecular formula is C8H16N2O4. The molecule has 0 bridgehead atoms. The molecule has 1 heterocycles. The van der Waals surface area contributed by atoms with Gasteiger partial charge in [-0.2, -0.15) is 0 Å². The van der Waals surface area contributed by atoms with Gasteiger partial charge in [-0.1, -0.05) is 0 Å². The van der Waals surface area contributed by atoms with Crippen LogP contribution in [0.15, 0.2) is 0 Å². The number of hydrogen-bond donors (Lipinski definition) is 5. The summed E-state index contributed by atoms with van der Waals surface area (Å²) < 4.78 is 0. The number of amides is 1. The van der Waals surface area contributed by atoms with Gasteiger partial charge >= 0.3 is 0 Å². The Balaban J connectivity index is 2.44. The third-order valence-corrected chi connectivity index (χ3v) is 2.37. The molecule has 6 heteroatoms. The van der Waals surface area contributed by atoms with Crippen molar-refractivity contribution in [3.63, 3.8) is 0 Å². The molecule has 0 spiro atoms. The molecule has 5 N–H and O–H groups in total. The van der Waals surface area contributed by atoms with Crippen LogP contribution < -0.4 is 10.6 Å². The van der Waals surface area contributed by atoms with Gasteiger partial charge in [0.1, 0.15) is 0 Å². The number of carbonyl (C=O) groups is 1. The molecule has 0 saturated carbocycles. The lowest BCUT2D eigenvalue weighted by atomic mass is 10.1. The zero-order valence-corrected chi connectivity index (χ0v) is 7.97. The predicted octanol–water partition coefficient (Wildman–Crippen LogP) is -2.82. The molecule has 0 aliphatic carbocycles. The SMILES string of the molecule is CC(=O)NCC1NC(CO)C(O)C1O. The van der Waals surface area contributed by atoms with Crippen LogP contribution in [0.5, 0.6) is 0 Å². The Labute approximate surface area is 81.9 Å². The standard InChI is InChI=1S/C8H16N2O4/c1-4(12)9-2-5-7(13)8(14)6(3-11)10-5/h5-8,10-11,13-14H,2-3H2,1H3,(H,9,12). The van der Waals surface area contributed by atoms with E-state index in [-0.39, 0.29) is 19.1 Å². The fourth-order valence-electron chi connectivity index (χ4n) is 1.54. The minimum atomic E-state index is -0.987. The molecule has 1 fully saturated rings. The highest BCUT2D eigenvalue weighted by Gasteiger charge is 2.40. The van der Waals surface area contributed by atoms with E-state index in [1.807, 2.05) is 0 Å². The summed E-state index contributed by atoms with van der Waals surface area (Å²) in [4.78, 5) is 10.6. The van der Waals surface area contributed by atoms with Crippen molar-refractivity contribution in [2.24, 2.45) is 0 Å². The molecule has 4 unspecified atom stereocenters. The third-order valence-electron chi connectivity index (χ3n) is 2.37. The maximum absolute atomic E-state index is 10.6. The summed E-state index contributed by atoms with van der Waals surface area (Å²) in [6.45, 7) is 1.38. The van der Waals surface area contributed by atoms with Crippen LogP contribution in [-0.4, -0.2) is 58.7 Å². The number of carbonyl (C=O) groups excluding carboxylic acids is 1. The Morgan fingerprint density at radius 1 is 1.36 bits per heavy atom. The van der Waals surface area contributed by atoms with Gasteiger partial charge in [0.25, 0.3) is 0 Å². The molecule has 0 aromatic carbocycles. The second-order valence-electron chi connectivity index (χ2n) is 3.48. The van der Waals surface area contributed by atoms with Crippen LogP contribution in [0.25, 0.3) is 0 Å². The van der Waals surface area contributed by atoms with Gasteiger partial charge in [-0.05, 0) is 0 Å². The number of aliphatic hydroxyl groups is 3. The van der Waals surface area contributed by atoms with Crippen molar-refractivity contribution in [2.75, 3.05) is 13.2 Å². The van der Waals surface area contributed by atoms with Crippen molar-refractivity contribution >= 4 is 5.91 Å². The lowest BCUT2D eigenvalue weighted by Crippen LogP contribution is -2.43. The summed E-state index contributed by atoms with van der Waals surface area (Å²) >= 11 is 0. The van der Waals surface area contributed by atoms with E-state index >= 15 is 0 Å². The van der Waals surface area contributed by atoms with Crippen LogP contribution in [0.4, 0.5) is 0 Å². The zero-order valence-electron chi connectivity index (χ0n) is 7.97. The Morgan fingerprint density at radius 2 is 1.93 bits per heavy atom. The van der Waals surface area contributed by atoms with Gasteiger partial charge in [0.05, 0.1) is 30.9 Å². The number of hydrogen-bond acceptors (Lipinski definition) is 5. The molecule has 1 amide bonds. The quantitative estimate of drug-likeness (QED) is 0.341. The Bertz CT molecular complexity index is 212. The van der Waals surface area contributed by atoms with Gasteiger partial charge in [-0.3, -0.25) is 4.79 Å². The summed E-state index contributed by atoms with van der Waals surface area (Å²) in [6, 6.07) is -0.935. The van der Waals surface area contributed by atoms with Gasteiger partial charge in [0.2, 0.25) is 5.91 Å². The first kappa shape index (κ1) is 11.4. The summed E-state index contributed by atoms with van der Waals surface area (Å²) in [6.07, 6.45) is -1.95. The maximum atomic E-state index is 10.6. The van der Waals surface area contributed by atoms with Gasteiger partial charge in [-0.15, -0.1) is 0 Å². The first-order valence-electron chi connectivity index (χ1n) is 4.53. The van der Waals surface area contributed by atoms with Gasteiger partial charge < -0.3 is 26.0 Å². The minimum absolute atomic E-state index is 0.194. The summed E-state index contributed by atoms with van der Waals surface area (Å²) in [5.41, 5.74) is 0. The smallest absolute Gasteiger partial charge is 0.216 e. The van der Waals surface area contributed by atoms with E-state index in [0.29, 0.717) is 0 Å². The summed E-state index contributed by atoms with van der Waals surface area (Å²) in [5.74, 6) is -0.194. The number of nitrogens with one attached hydrogen (secondary N) is 2. The van der Waals surface area contributed by atoms with Crippen molar-refractivity contribution in [3.8, 4) is 0 Å². The summed E-state index contributed by atoms with van der Waals surface area (Å²) in [7, 11) is 0. The molecule has 14 heavy (non-hydrogen) atoms. The van der Waals surface area contributed by atoms with E-state index in [1.165, 1.54) is 6.92 Å². The second kappa shape index (κ2) is 4.70. The first-order valence-corrected chi connectivity index (χ1v) is 4.53. The van der Waals surface area contributed by atoms with Crippen molar-refractivity contribution in [3.05, 3.63) is 0 Å². The highest BCUT2D eigenvalue weighted by molar-refractivity contribution is 5.72. The summed E-state index contributed by atoms with van der Waals surface area (Å²) in [5, 5.41) is 33.1. The normalized spacial score (nSPS) is 37.1. The van der Waals surface area contributed by atoms with Crippen LogP contribution in [-0.2, 0) is 4.79 Å². The molecular weight excluding hydrogens is 188 g/mol. The molecule has 4 atom stereocenters. The monoisotopic (exact) mass is 204 g/mol. The fourth-order valence-corrected chi connectivity index (χ4v) is 1.54. The number of rotatable bonds is 3. The average molecular weight is 204 g/mol. The molecule has 6 nitrogen and oxygen atoms in total. The van der Waals surface area contributed by atoms with Crippen molar-refractivity contribution in [1.82, 2.24) is 10.6 Å². The molecule has 1 aliphatic rings. The van der Waals surface area contributed by atoms with Gasteiger partial charge in [0.15, 0.2) is 0 Å². The second-order valence-corrected chi connectivity index (χ2v) is 3.48. The number of aliphatic hydroxyl groups excluding tert-OH is 3. The highest BCUT2D eigenvalue weighted by Crippen LogP contribution is 2.13. The van der Waals surface area contributed by atoms with Gasteiger partial charge in [-0.25, -0.2) is 0 Å². The van der Waals surface area contributed by atoms with E-state index in [4.69, 9.17) is 5.11 Å². The zero-order chi connectivity index (χ0) is 10.7. The van der Waals surface area contributed by atoms with E-state index in [1.54, 1.807) is 0 Å². The van der Waals surface area contributed by atoms with Gasteiger partial charge in [0, 0.05) is 13.5 Å². The Morgan fingerprint density at radius 3 is 2.36 bits per heavy atom. The van der Waals surface area contributed by atoms with Crippen LogP contribution in [0.2, 0.25) is 0 Å². The van der Waals surface area contributed by atoms with Crippen molar-refractivity contribution in [2.45, 2.75) is 31.2 Å². The third kappa shape index (κ3) is 2.42. The molecule has 82 valence electrons. The van der Waals surface area contributed by atoms with Crippen LogP contribution in [0.1, 0.15) is 6.92 Å². The Hall–Kier alpha value is -0.690. The molecule has 1 aliphatic heterocycles. The highest BCUT2D eigenvalue weighted by atomic mass is 16.3. The molecule has 0 radical (unpaired) electrons. The van der Waals surface area contributed by atoms with Crippen LogP contribution in [0, 0.1) is 0 Å². The largest absolute Gasteiger partial charge is 0.395 e. The van der Waals surface area contributed by atoms with Crippen LogP contribution in [0.3, 0.4) is 0 Å². The Kier molecular flexibility index (Phi) is 3.82. The van der Waals surface area contributed by atoms with E-state index in [9.17, 15) is 15.0 Å². The molecule has 1 saturated heterocycles. The average Bonchev–Trinajstić information content (AvgIpc) is 2.41.